The van der Waals surface area contributed by atoms with Gasteiger partial charge in [-0.1, -0.05) is 0 Å². The van der Waals surface area contributed by atoms with Gasteiger partial charge in [0.2, 0.25) is 0 Å². The van der Waals surface area contributed by atoms with Gasteiger partial charge in [0.1, 0.15) is 18.3 Å². The summed E-state index contributed by atoms with van der Waals surface area (Å²) in [6.45, 7) is -0.433. The minimum Gasteiger partial charge on any atom is -0.481 e. The molecule has 1 aliphatic heterocycles. The van der Waals surface area contributed by atoms with Crippen LogP contribution in [0.25, 0.3) is 0 Å². The first-order valence-corrected chi connectivity index (χ1v) is 5.39. The molecule has 1 fully saturated rings. The molecule has 0 radical (unpaired) electrons. The topological polar surface area (TPSA) is 125 Å². The number of carboxylic acid groups (broad SMARTS) is 1. The van der Waals surface area contributed by atoms with Crippen LogP contribution >= 0.6 is 0 Å². The third-order valence-corrected chi connectivity index (χ3v) is 2.87. The molecule has 1 aliphatic rings. The summed E-state index contributed by atoms with van der Waals surface area (Å²) >= 11 is 0. The van der Waals surface area contributed by atoms with E-state index >= 15 is 0 Å². The number of hydrogen-bond acceptors (Lipinski definition) is 6. The summed E-state index contributed by atoms with van der Waals surface area (Å²) in [5.41, 5.74) is 0.345. The zero-order valence-electron chi connectivity index (χ0n) is 9.38. The predicted octanol–water partition coefficient (Wildman–Crippen LogP) is -1.88. The van der Waals surface area contributed by atoms with Crippen molar-refractivity contribution in [2.75, 3.05) is 6.61 Å². The molecule has 18 heavy (non-hydrogen) atoms. The van der Waals surface area contributed by atoms with Crippen LogP contribution in [0.15, 0.2) is 12.5 Å². The maximum Gasteiger partial charge on any atom is 0.309 e. The molecule has 0 amide bonds. The van der Waals surface area contributed by atoms with Gasteiger partial charge in [-0.15, -0.1) is 0 Å². The molecule has 1 aromatic heterocycles. The third-order valence-electron chi connectivity index (χ3n) is 2.87. The monoisotopic (exact) mass is 258 g/mol. The Labute approximate surface area is 102 Å². The lowest BCUT2D eigenvalue weighted by Crippen LogP contribution is -2.33. The third kappa shape index (κ3) is 2.23. The number of nitrogens with zero attached hydrogens (tertiary/aromatic N) is 2. The fourth-order valence-corrected chi connectivity index (χ4v) is 1.96. The molecule has 100 valence electrons. The van der Waals surface area contributed by atoms with Crippen LogP contribution in [-0.4, -0.2) is 60.9 Å². The largest absolute Gasteiger partial charge is 0.481 e. The predicted molar refractivity (Wildman–Crippen MR) is 56.6 cm³/mol. The molecule has 0 aromatic carbocycles. The van der Waals surface area contributed by atoms with Gasteiger partial charge in [0.05, 0.1) is 25.0 Å². The quantitative estimate of drug-likeness (QED) is 0.498. The van der Waals surface area contributed by atoms with E-state index in [1.54, 1.807) is 0 Å². The van der Waals surface area contributed by atoms with Gasteiger partial charge < -0.3 is 29.7 Å². The highest BCUT2D eigenvalue weighted by atomic mass is 16.6. The van der Waals surface area contributed by atoms with E-state index in [-0.39, 0.29) is 6.42 Å². The SMILES string of the molecule is O=C(O)Cc1cncn1[C@@H]1O[C@H](CO)[C@@H](O)[C@H]1O. The van der Waals surface area contributed by atoms with Crippen molar-refractivity contribution in [2.24, 2.45) is 0 Å². The van der Waals surface area contributed by atoms with Crippen molar-refractivity contribution in [2.45, 2.75) is 31.0 Å². The molecule has 4 N–H and O–H groups in total. The van der Waals surface area contributed by atoms with Gasteiger partial charge in [-0.2, -0.15) is 0 Å². The summed E-state index contributed by atoms with van der Waals surface area (Å²) in [5, 5.41) is 37.1. The van der Waals surface area contributed by atoms with Crippen molar-refractivity contribution in [3.05, 3.63) is 18.2 Å². The molecule has 0 spiro atoms. The Morgan fingerprint density at radius 1 is 1.44 bits per heavy atom. The fraction of sp³-hybridized carbons (Fsp3) is 0.600. The van der Waals surface area contributed by atoms with Crippen molar-refractivity contribution in [3.8, 4) is 0 Å². The highest BCUT2D eigenvalue weighted by molar-refractivity contribution is 5.69. The van der Waals surface area contributed by atoms with Crippen LogP contribution in [0.5, 0.6) is 0 Å². The Hall–Kier alpha value is -1.48. The van der Waals surface area contributed by atoms with Crippen LogP contribution in [0, 0.1) is 0 Å². The second-order valence-corrected chi connectivity index (χ2v) is 4.09. The fourth-order valence-electron chi connectivity index (χ4n) is 1.96. The van der Waals surface area contributed by atoms with E-state index in [2.05, 4.69) is 4.98 Å². The van der Waals surface area contributed by atoms with Gasteiger partial charge >= 0.3 is 5.97 Å². The van der Waals surface area contributed by atoms with Crippen molar-refractivity contribution >= 4 is 5.97 Å². The summed E-state index contributed by atoms with van der Waals surface area (Å²) in [6.07, 6.45) is -1.92. The molecule has 0 aliphatic carbocycles. The van der Waals surface area contributed by atoms with Gasteiger partial charge in [0.15, 0.2) is 6.23 Å². The van der Waals surface area contributed by atoms with E-state index in [9.17, 15) is 15.0 Å². The zero-order valence-corrected chi connectivity index (χ0v) is 9.38. The number of hydrogen-bond donors (Lipinski definition) is 4. The molecular weight excluding hydrogens is 244 g/mol. The number of aliphatic hydroxyl groups is 3. The van der Waals surface area contributed by atoms with E-state index in [0.717, 1.165) is 0 Å². The van der Waals surface area contributed by atoms with Gasteiger partial charge in [-0.3, -0.25) is 4.79 Å². The molecule has 0 bridgehead atoms. The Balaban J connectivity index is 2.22. The maximum absolute atomic E-state index is 10.7. The Morgan fingerprint density at radius 3 is 2.72 bits per heavy atom. The molecule has 1 saturated heterocycles. The van der Waals surface area contributed by atoms with E-state index in [1.165, 1.54) is 17.1 Å². The Kier molecular flexibility index (Phi) is 3.62. The summed E-state index contributed by atoms with van der Waals surface area (Å²) in [7, 11) is 0. The van der Waals surface area contributed by atoms with E-state index in [1.807, 2.05) is 0 Å². The van der Waals surface area contributed by atoms with E-state index in [0.29, 0.717) is 5.69 Å². The van der Waals surface area contributed by atoms with E-state index in [4.69, 9.17) is 14.9 Å². The lowest BCUT2D eigenvalue weighted by Gasteiger charge is -2.18. The molecule has 0 unspecified atom stereocenters. The lowest BCUT2D eigenvalue weighted by molar-refractivity contribution is -0.136. The highest BCUT2D eigenvalue weighted by Gasteiger charge is 2.43. The molecule has 1 aromatic rings. The zero-order chi connectivity index (χ0) is 13.3. The van der Waals surface area contributed by atoms with Gasteiger partial charge in [0.25, 0.3) is 0 Å². The molecule has 0 saturated carbocycles. The average molecular weight is 258 g/mol. The Morgan fingerprint density at radius 2 is 2.17 bits per heavy atom. The van der Waals surface area contributed by atoms with Gasteiger partial charge in [0, 0.05) is 6.20 Å². The minimum atomic E-state index is -1.25. The van der Waals surface area contributed by atoms with Crippen LogP contribution in [-0.2, 0) is 16.0 Å². The Bertz CT molecular complexity index is 434. The summed E-state index contributed by atoms with van der Waals surface area (Å²) < 4.78 is 6.63. The molecular formula is C10H14N2O6. The number of imidazole rings is 1. The van der Waals surface area contributed by atoms with Crippen LogP contribution < -0.4 is 0 Å². The molecule has 4 atom stereocenters. The summed E-state index contributed by atoms with van der Waals surface area (Å²) in [5.74, 6) is -1.04. The van der Waals surface area contributed by atoms with Gasteiger partial charge in [-0.25, -0.2) is 4.98 Å². The van der Waals surface area contributed by atoms with Gasteiger partial charge in [-0.05, 0) is 0 Å². The molecule has 8 nitrogen and oxygen atoms in total. The first-order valence-electron chi connectivity index (χ1n) is 5.39. The minimum absolute atomic E-state index is 0.271. The number of carbonyl (C=O) groups is 1. The lowest BCUT2D eigenvalue weighted by atomic mass is 10.1. The normalized spacial score (nSPS) is 31.7. The smallest absolute Gasteiger partial charge is 0.309 e. The van der Waals surface area contributed by atoms with Crippen LogP contribution in [0.1, 0.15) is 11.9 Å². The molecule has 2 rings (SSSR count). The number of carboxylic acids is 1. The molecule has 2 heterocycles. The van der Waals surface area contributed by atoms with Crippen LogP contribution in [0.4, 0.5) is 0 Å². The van der Waals surface area contributed by atoms with Crippen LogP contribution in [0.2, 0.25) is 0 Å². The first-order chi connectivity index (χ1) is 8.54. The molecule has 8 heteroatoms. The van der Waals surface area contributed by atoms with Crippen molar-refractivity contribution in [3.63, 3.8) is 0 Å². The second kappa shape index (κ2) is 5.02. The van der Waals surface area contributed by atoms with Crippen molar-refractivity contribution in [1.29, 1.82) is 0 Å². The first kappa shape index (κ1) is 13.0. The van der Waals surface area contributed by atoms with Crippen molar-refractivity contribution < 1.29 is 30.0 Å². The highest BCUT2D eigenvalue weighted by Crippen LogP contribution is 2.30. The van der Waals surface area contributed by atoms with E-state index < -0.39 is 37.1 Å². The second-order valence-electron chi connectivity index (χ2n) is 4.09. The maximum atomic E-state index is 10.7. The number of ether oxygens (including phenoxy) is 1. The summed E-state index contributed by atoms with van der Waals surface area (Å²) in [6, 6.07) is 0. The summed E-state index contributed by atoms with van der Waals surface area (Å²) in [4.78, 5) is 14.5. The number of rotatable bonds is 4. The number of aliphatic carboxylic acids is 1. The number of aliphatic hydroxyl groups excluding tert-OH is 3. The standard InChI is InChI=1S/C10H14N2O6/c13-3-6-8(16)9(17)10(18-6)12-4-11-2-5(12)1-7(14)15/h2,4,6,8-10,13,16-17H,1,3H2,(H,14,15)/t6-,8-,9-,10-/m1/s1. The number of aromatic nitrogens is 2. The average Bonchev–Trinajstić information content (AvgIpc) is 2.86. The van der Waals surface area contributed by atoms with Crippen LogP contribution in [0.3, 0.4) is 0 Å². The van der Waals surface area contributed by atoms with Crippen molar-refractivity contribution in [1.82, 2.24) is 9.55 Å².